The Labute approximate surface area is 137 Å². The molecule has 1 aliphatic heterocycles. The number of fused-ring (bicyclic) bond motifs is 2. The van der Waals surface area contributed by atoms with E-state index >= 15 is 0 Å². The van der Waals surface area contributed by atoms with Crippen LogP contribution >= 0.6 is 0 Å². The first kappa shape index (κ1) is 14.6. The number of piperidine rings is 1. The van der Waals surface area contributed by atoms with Crippen LogP contribution in [0.25, 0.3) is 21.8 Å². The molecule has 0 amide bonds. The molecule has 0 atom stereocenters. The van der Waals surface area contributed by atoms with Crippen molar-refractivity contribution >= 4 is 27.5 Å². The van der Waals surface area contributed by atoms with Gasteiger partial charge in [-0.25, -0.2) is 4.98 Å². The normalized spacial score (nSPS) is 16.2. The number of benzene rings is 2. The SMILES string of the molecule is c1ccc2c([NH2+]CC[NH+]3CCCCC3)c3ccccc3nc2c1. The van der Waals surface area contributed by atoms with E-state index in [1.54, 1.807) is 4.90 Å². The number of pyridine rings is 1. The van der Waals surface area contributed by atoms with Gasteiger partial charge in [-0.05, 0) is 43.5 Å². The second kappa shape index (κ2) is 6.65. The van der Waals surface area contributed by atoms with Crippen molar-refractivity contribution in [3.05, 3.63) is 48.5 Å². The number of quaternary nitrogens is 2. The number of hydrogen-bond acceptors (Lipinski definition) is 1. The van der Waals surface area contributed by atoms with E-state index < -0.39 is 0 Å². The molecule has 0 unspecified atom stereocenters. The summed E-state index contributed by atoms with van der Waals surface area (Å²) >= 11 is 0. The molecule has 1 aromatic heterocycles. The molecule has 23 heavy (non-hydrogen) atoms. The quantitative estimate of drug-likeness (QED) is 0.706. The van der Waals surface area contributed by atoms with Gasteiger partial charge in [-0.1, -0.05) is 24.3 Å². The Kier molecular flexibility index (Phi) is 4.22. The van der Waals surface area contributed by atoms with Crippen LogP contribution in [0.15, 0.2) is 48.5 Å². The lowest BCUT2D eigenvalue weighted by molar-refractivity contribution is -0.913. The van der Waals surface area contributed by atoms with E-state index in [2.05, 4.69) is 53.8 Å². The van der Waals surface area contributed by atoms with Crippen LogP contribution in [0.2, 0.25) is 0 Å². The van der Waals surface area contributed by atoms with Crippen molar-refractivity contribution in [1.29, 1.82) is 0 Å². The molecule has 3 nitrogen and oxygen atoms in total. The zero-order valence-corrected chi connectivity index (χ0v) is 13.6. The fourth-order valence-corrected chi connectivity index (χ4v) is 3.81. The van der Waals surface area contributed by atoms with Gasteiger partial charge in [0.05, 0.1) is 34.9 Å². The average molecular weight is 307 g/mol. The van der Waals surface area contributed by atoms with Crippen LogP contribution in [-0.4, -0.2) is 31.2 Å². The Morgan fingerprint density at radius 2 is 1.43 bits per heavy atom. The smallest absolute Gasteiger partial charge is 0.148 e. The van der Waals surface area contributed by atoms with Crippen molar-refractivity contribution in [2.45, 2.75) is 19.3 Å². The van der Waals surface area contributed by atoms with Gasteiger partial charge in [0, 0.05) is 0 Å². The largest absolute Gasteiger partial charge is 0.330 e. The molecule has 1 aliphatic rings. The van der Waals surface area contributed by atoms with E-state index in [0.717, 1.165) is 17.6 Å². The minimum Gasteiger partial charge on any atom is -0.330 e. The van der Waals surface area contributed by atoms with Gasteiger partial charge in [-0.2, -0.15) is 0 Å². The van der Waals surface area contributed by atoms with Gasteiger partial charge >= 0.3 is 0 Å². The van der Waals surface area contributed by atoms with Crippen LogP contribution in [0.5, 0.6) is 0 Å². The van der Waals surface area contributed by atoms with Crippen molar-refractivity contribution < 1.29 is 10.2 Å². The Morgan fingerprint density at radius 3 is 2.09 bits per heavy atom. The van der Waals surface area contributed by atoms with Crippen molar-refractivity contribution in [3.8, 4) is 0 Å². The Morgan fingerprint density at radius 1 is 0.826 bits per heavy atom. The predicted octanol–water partition coefficient (Wildman–Crippen LogP) is 1.65. The van der Waals surface area contributed by atoms with Gasteiger partial charge in [0.2, 0.25) is 0 Å². The highest BCUT2D eigenvalue weighted by Gasteiger charge is 2.16. The Hall–Kier alpha value is -1.97. The summed E-state index contributed by atoms with van der Waals surface area (Å²) in [6.45, 7) is 5.11. The molecular weight excluding hydrogens is 282 g/mol. The van der Waals surface area contributed by atoms with Crippen LogP contribution in [0.3, 0.4) is 0 Å². The Bertz CT molecular complexity index is 752. The van der Waals surface area contributed by atoms with Gasteiger partial charge in [0.1, 0.15) is 18.8 Å². The third-order valence-electron chi connectivity index (χ3n) is 5.04. The van der Waals surface area contributed by atoms with Crippen LogP contribution in [-0.2, 0) is 0 Å². The molecule has 1 saturated heterocycles. The summed E-state index contributed by atoms with van der Waals surface area (Å²) < 4.78 is 0. The lowest BCUT2D eigenvalue weighted by Gasteiger charge is -2.22. The molecule has 0 bridgehead atoms. The first-order chi connectivity index (χ1) is 11.4. The number of nitrogens with one attached hydrogen (secondary N) is 1. The summed E-state index contributed by atoms with van der Waals surface area (Å²) in [6, 6.07) is 17.0. The van der Waals surface area contributed by atoms with E-state index in [1.165, 1.54) is 55.4 Å². The van der Waals surface area contributed by atoms with E-state index in [0.29, 0.717) is 0 Å². The minimum atomic E-state index is 1.10. The molecule has 4 rings (SSSR count). The maximum Gasteiger partial charge on any atom is 0.148 e. The van der Waals surface area contributed by atoms with Crippen molar-refractivity contribution in [3.63, 3.8) is 0 Å². The van der Waals surface area contributed by atoms with Crippen molar-refractivity contribution in [2.75, 3.05) is 26.2 Å². The molecule has 3 N–H and O–H groups in total. The maximum atomic E-state index is 4.81. The number of rotatable bonds is 4. The molecule has 3 heteroatoms. The molecule has 0 radical (unpaired) electrons. The minimum absolute atomic E-state index is 1.10. The first-order valence-electron chi connectivity index (χ1n) is 8.86. The van der Waals surface area contributed by atoms with Crippen LogP contribution < -0.4 is 10.2 Å². The van der Waals surface area contributed by atoms with Crippen LogP contribution in [0, 0.1) is 0 Å². The van der Waals surface area contributed by atoms with E-state index in [9.17, 15) is 0 Å². The first-order valence-corrected chi connectivity index (χ1v) is 8.86. The molecule has 1 fully saturated rings. The van der Waals surface area contributed by atoms with Crippen LogP contribution in [0.4, 0.5) is 5.69 Å². The monoisotopic (exact) mass is 307 g/mol. The van der Waals surface area contributed by atoms with Crippen molar-refractivity contribution in [1.82, 2.24) is 4.98 Å². The molecule has 0 saturated carbocycles. The Balaban J connectivity index is 1.63. The summed E-state index contributed by atoms with van der Waals surface area (Å²) in [5, 5.41) is 4.99. The molecule has 118 valence electrons. The van der Waals surface area contributed by atoms with Gasteiger partial charge in [0.15, 0.2) is 0 Å². The molecule has 3 aromatic rings. The highest BCUT2D eigenvalue weighted by atomic mass is 15.1. The summed E-state index contributed by atoms with van der Waals surface area (Å²) in [7, 11) is 0. The number of nitrogens with two attached hydrogens (primary N) is 1. The zero-order valence-electron chi connectivity index (χ0n) is 13.6. The van der Waals surface area contributed by atoms with Crippen molar-refractivity contribution in [2.24, 2.45) is 0 Å². The fraction of sp³-hybridized carbons (Fsp3) is 0.350. The van der Waals surface area contributed by atoms with E-state index in [1.807, 2.05) is 0 Å². The summed E-state index contributed by atoms with van der Waals surface area (Å²) in [5.41, 5.74) is 3.56. The average Bonchev–Trinajstić information content (AvgIpc) is 2.62. The lowest BCUT2D eigenvalue weighted by atomic mass is 10.1. The van der Waals surface area contributed by atoms with Gasteiger partial charge in [-0.3, -0.25) is 0 Å². The third-order valence-corrected chi connectivity index (χ3v) is 5.04. The molecule has 0 spiro atoms. The molecule has 2 aromatic carbocycles. The second-order valence-corrected chi connectivity index (χ2v) is 6.61. The highest BCUT2D eigenvalue weighted by molar-refractivity contribution is 6.03. The van der Waals surface area contributed by atoms with Gasteiger partial charge in [-0.15, -0.1) is 0 Å². The second-order valence-electron chi connectivity index (χ2n) is 6.61. The number of hydrogen-bond donors (Lipinski definition) is 2. The summed E-state index contributed by atoms with van der Waals surface area (Å²) in [6.07, 6.45) is 4.22. The summed E-state index contributed by atoms with van der Waals surface area (Å²) in [4.78, 5) is 6.58. The number of nitrogens with zero attached hydrogens (tertiary/aromatic N) is 1. The standard InChI is InChI=1S/C20H23N3/c1-6-13-23(14-7-1)15-12-21-20-16-8-2-4-10-18(16)22-19-11-5-3-9-17(19)20/h2-5,8-11H,1,6-7,12-15H2,(H,21,22)/p+2. The zero-order chi connectivity index (χ0) is 15.5. The van der Waals surface area contributed by atoms with E-state index in [4.69, 9.17) is 4.98 Å². The van der Waals surface area contributed by atoms with Crippen LogP contribution in [0.1, 0.15) is 19.3 Å². The number of aromatic nitrogens is 1. The van der Waals surface area contributed by atoms with Gasteiger partial charge < -0.3 is 10.2 Å². The predicted molar refractivity (Wildman–Crippen MR) is 95.1 cm³/mol. The highest BCUT2D eigenvalue weighted by Crippen LogP contribution is 2.26. The fourth-order valence-electron chi connectivity index (χ4n) is 3.81. The van der Waals surface area contributed by atoms with E-state index in [-0.39, 0.29) is 0 Å². The molecule has 2 heterocycles. The topological polar surface area (TPSA) is 33.9 Å². The maximum absolute atomic E-state index is 4.81. The lowest BCUT2D eigenvalue weighted by Crippen LogP contribution is -3.15. The summed E-state index contributed by atoms with van der Waals surface area (Å²) in [5.74, 6) is 0. The van der Waals surface area contributed by atoms with Gasteiger partial charge in [0.25, 0.3) is 0 Å². The molecule has 0 aliphatic carbocycles. The molecular formula is C20H25N3+2. The number of para-hydroxylation sites is 2. The third kappa shape index (κ3) is 3.07. The number of likely N-dealkylation sites (tertiary alicyclic amines) is 1.